The van der Waals surface area contributed by atoms with Gasteiger partial charge in [-0.25, -0.2) is 9.07 Å². The second-order valence-electron chi connectivity index (χ2n) is 5.72. The number of aromatic nitrogens is 2. The third-order valence-corrected chi connectivity index (χ3v) is 5.47. The number of ether oxygens (including phenoxy) is 1. The molecule has 1 atom stereocenters. The average molecular weight is 398 g/mol. The fraction of sp³-hybridized carbons (Fsp3) is 0.353. The number of rotatable bonds is 4. The van der Waals surface area contributed by atoms with Crippen molar-refractivity contribution >= 4 is 41.1 Å². The van der Waals surface area contributed by atoms with E-state index in [2.05, 4.69) is 10.4 Å². The number of fused-ring (bicyclic) bond motifs is 1. The number of amides is 1. The molecule has 0 saturated carbocycles. The SMILES string of the molecule is CCOC(=O)Cn1nc(C)c2c1NC(=O)CS[C@H]2c1ccc(F)c(Cl)c1. The fourth-order valence-corrected chi connectivity index (χ4v) is 4.20. The Kier molecular flexibility index (Phi) is 5.52. The van der Waals surface area contributed by atoms with Gasteiger partial charge in [-0.1, -0.05) is 17.7 Å². The molecule has 1 aromatic heterocycles. The van der Waals surface area contributed by atoms with Crippen molar-refractivity contribution in [2.45, 2.75) is 25.6 Å². The number of thioether (sulfide) groups is 1. The second kappa shape index (κ2) is 7.67. The summed E-state index contributed by atoms with van der Waals surface area (Å²) >= 11 is 7.33. The van der Waals surface area contributed by atoms with E-state index >= 15 is 0 Å². The van der Waals surface area contributed by atoms with Crippen molar-refractivity contribution in [3.8, 4) is 0 Å². The summed E-state index contributed by atoms with van der Waals surface area (Å²) in [5.74, 6) is -0.468. The monoisotopic (exact) mass is 397 g/mol. The molecule has 1 aliphatic heterocycles. The number of halogens is 2. The van der Waals surface area contributed by atoms with Crippen LogP contribution in [-0.2, 0) is 20.9 Å². The first-order chi connectivity index (χ1) is 12.4. The zero-order chi connectivity index (χ0) is 18.8. The smallest absolute Gasteiger partial charge is 0.327 e. The molecule has 2 heterocycles. The van der Waals surface area contributed by atoms with E-state index in [0.717, 1.165) is 11.1 Å². The second-order valence-corrected chi connectivity index (χ2v) is 7.22. The highest BCUT2D eigenvalue weighted by atomic mass is 35.5. The van der Waals surface area contributed by atoms with Gasteiger partial charge in [-0.3, -0.25) is 9.59 Å². The van der Waals surface area contributed by atoms with Crippen molar-refractivity contribution < 1.29 is 18.7 Å². The van der Waals surface area contributed by atoms with Crippen LogP contribution in [0.15, 0.2) is 18.2 Å². The highest BCUT2D eigenvalue weighted by Gasteiger charge is 2.31. The number of hydrogen-bond donors (Lipinski definition) is 1. The van der Waals surface area contributed by atoms with Crippen molar-refractivity contribution in [2.24, 2.45) is 0 Å². The van der Waals surface area contributed by atoms with Gasteiger partial charge in [0.1, 0.15) is 18.2 Å². The topological polar surface area (TPSA) is 73.2 Å². The maximum atomic E-state index is 13.5. The van der Waals surface area contributed by atoms with E-state index in [9.17, 15) is 14.0 Å². The van der Waals surface area contributed by atoms with Gasteiger partial charge in [-0.2, -0.15) is 5.10 Å². The zero-order valence-corrected chi connectivity index (χ0v) is 15.8. The van der Waals surface area contributed by atoms with Gasteiger partial charge in [-0.15, -0.1) is 11.8 Å². The lowest BCUT2D eigenvalue weighted by molar-refractivity contribution is -0.144. The van der Waals surface area contributed by atoms with Crippen LogP contribution in [0.5, 0.6) is 0 Å². The minimum absolute atomic E-state index is 0.0183. The zero-order valence-electron chi connectivity index (χ0n) is 14.2. The van der Waals surface area contributed by atoms with Crippen LogP contribution in [0.1, 0.15) is 29.0 Å². The van der Waals surface area contributed by atoms with Crippen molar-refractivity contribution in [2.75, 3.05) is 17.7 Å². The molecule has 0 bridgehead atoms. The summed E-state index contributed by atoms with van der Waals surface area (Å²) in [6.07, 6.45) is 0. The summed E-state index contributed by atoms with van der Waals surface area (Å²) < 4.78 is 19.9. The molecule has 6 nitrogen and oxygen atoms in total. The van der Waals surface area contributed by atoms with Gasteiger partial charge >= 0.3 is 5.97 Å². The van der Waals surface area contributed by atoms with Crippen LogP contribution in [0.2, 0.25) is 5.02 Å². The van der Waals surface area contributed by atoms with Gasteiger partial charge in [0.05, 0.1) is 28.3 Å². The highest BCUT2D eigenvalue weighted by Crippen LogP contribution is 2.43. The average Bonchev–Trinajstić information content (AvgIpc) is 2.77. The molecule has 9 heteroatoms. The Morgan fingerprint density at radius 3 is 3.00 bits per heavy atom. The molecule has 0 unspecified atom stereocenters. The van der Waals surface area contributed by atoms with Crippen molar-refractivity contribution in [3.05, 3.63) is 45.9 Å². The first-order valence-electron chi connectivity index (χ1n) is 8.00. The first kappa shape index (κ1) is 18.7. The lowest BCUT2D eigenvalue weighted by Gasteiger charge is -2.16. The van der Waals surface area contributed by atoms with E-state index in [1.165, 1.54) is 22.5 Å². The quantitative estimate of drug-likeness (QED) is 0.801. The van der Waals surface area contributed by atoms with E-state index in [1.807, 2.05) is 0 Å². The maximum Gasteiger partial charge on any atom is 0.327 e. The molecule has 2 aromatic rings. The molecule has 1 aliphatic rings. The van der Waals surface area contributed by atoms with Gasteiger partial charge in [0.2, 0.25) is 5.91 Å². The molecule has 0 fully saturated rings. The molecule has 0 saturated heterocycles. The number of aryl methyl sites for hydroxylation is 1. The summed E-state index contributed by atoms with van der Waals surface area (Å²) in [6.45, 7) is 3.68. The Balaban J connectivity index is 2.05. The lowest BCUT2D eigenvalue weighted by atomic mass is 10.0. The molecule has 138 valence electrons. The highest BCUT2D eigenvalue weighted by molar-refractivity contribution is 8.00. The number of nitrogens with one attached hydrogen (secondary N) is 1. The Labute approximate surface area is 159 Å². The molecule has 1 amide bonds. The molecule has 1 N–H and O–H groups in total. The van der Waals surface area contributed by atoms with Crippen LogP contribution in [0.25, 0.3) is 0 Å². The van der Waals surface area contributed by atoms with Crippen molar-refractivity contribution in [1.82, 2.24) is 9.78 Å². The molecule has 3 rings (SSSR count). The standard InChI is InChI=1S/C17H17ClFN3O3S/c1-3-25-14(24)7-22-17-15(9(2)21-22)16(26-8-13(23)20-17)10-4-5-12(19)11(18)6-10/h4-6,16H,3,7-8H2,1-2H3,(H,20,23)/t16-/m0/s1. The lowest BCUT2D eigenvalue weighted by Crippen LogP contribution is -2.20. The first-order valence-corrected chi connectivity index (χ1v) is 9.42. The molecule has 26 heavy (non-hydrogen) atoms. The van der Waals surface area contributed by atoms with Crippen molar-refractivity contribution in [1.29, 1.82) is 0 Å². The van der Waals surface area contributed by atoms with E-state index in [4.69, 9.17) is 16.3 Å². The largest absolute Gasteiger partial charge is 0.465 e. The third-order valence-electron chi connectivity index (χ3n) is 3.91. The van der Waals surface area contributed by atoms with Gasteiger partial charge in [-0.05, 0) is 31.5 Å². The molecular formula is C17H17ClFN3O3S. The Morgan fingerprint density at radius 1 is 1.54 bits per heavy atom. The van der Waals surface area contributed by atoms with Crippen LogP contribution in [0.4, 0.5) is 10.2 Å². The van der Waals surface area contributed by atoms with Gasteiger partial charge < -0.3 is 10.1 Å². The van der Waals surface area contributed by atoms with Crippen LogP contribution in [-0.4, -0.2) is 34.0 Å². The maximum absolute atomic E-state index is 13.5. The summed E-state index contributed by atoms with van der Waals surface area (Å²) in [5.41, 5.74) is 2.20. The summed E-state index contributed by atoms with van der Waals surface area (Å²) in [4.78, 5) is 24.0. The number of nitrogens with zero attached hydrogens (tertiary/aromatic N) is 2. The molecule has 1 aromatic carbocycles. The number of carbonyl (C=O) groups is 2. The van der Waals surface area contributed by atoms with E-state index in [1.54, 1.807) is 26.0 Å². The summed E-state index contributed by atoms with van der Waals surface area (Å²) in [6, 6.07) is 4.49. The summed E-state index contributed by atoms with van der Waals surface area (Å²) in [5, 5.41) is 6.95. The Hall–Kier alpha value is -2.06. The van der Waals surface area contributed by atoms with Gasteiger partial charge in [0.25, 0.3) is 0 Å². The van der Waals surface area contributed by atoms with E-state index in [-0.39, 0.29) is 35.1 Å². The van der Waals surface area contributed by atoms with E-state index in [0.29, 0.717) is 11.5 Å². The van der Waals surface area contributed by atoms with Gasteiger partial charge in [0, 0.05) is 5.56 Å². The molecule has 0 aliphatic carbocycles. The van der Waals surface area contributed by atoms with E-state index < -0.39 is 11.8 Å². The number of anilines is 1. The summed E-state index contributed by atoms with van der Waals surface area (Å²) in [7, 11) is 0. The van der Waals surface area contributed by atoms with Crippen LogP contribution >= 0.6 is 23.4 Å². The van der Waals surface area contributed by atoms with Crippen LogP contribution < -0.4 is 5.32 Å². The molecule has 0 spiro atoms. The van der Waals surface area contributed by atoms with Crippen molar-refractivity contribution in [3.63, 3.8) is 0 Å². The Morgan fingerprint density at radius 2 is 2.31 bits per heavy atom. The fourth-order valence-electron chi connectivity index (χ4n) is 2.83. The van der Waals surface area contributed by atoms with Gasteiger partial charge in [0.15, 0.2) is 0 Å². The number of hydrogen-bond acceptors (Lipinski definition) is 5. The predicted molar refractivity (Wildman–Crippen MR) is 97.9 cm³/mol. The minimum Gasteiger partial charge on any atom is -0.465 e. The van der Waals surface area contributed by atoms with Crippen LogP contribution in [0.3, 0.4) is 0 Å². The molecule has 0 radical (unpaired) electrons. The normalized spacial score (nSPS) is 16.6. The number of carbonyl (C=O) groups excluding carboxylic acids is 2. The Bertz CT molecular complexity index is 871. The van der Waals surface area contributed by atoms with Crippen LogP contribution in [0, 0.1) is 12.7 Å². The minimum atomic E-state index is -0.502. The molecular weight excluding hydrogens is 381 g/mol. The third kappa shape index (κ3) is 3.71. The number of esters is 1. The number of benzene rings is 1. The predicted octanol–water partition coefficient (Wildman–Crippen LogP) is 3.32.